The van der Waals surface area contributed by atoms with Gasteiger partial charge in [0.2, 0.25) is 0 Å². The Morgan fingerprint density at radius 3 is 2.04 bits per heavy atom. The van der Waals surface area contributed by atoms with E-state index in [0.29, 0.717) is 6.04 Å². The van der Waals surface area contributed by atoms with E-state index < -0.39 is 0 Å². The Kier molecular flexibility index (Phi) is 4.86. The van der Waals surface area contributed by atoms with E-state index >= 15 is 0 Å². The number of hydrogen-bond donors (Lipinski definition) is 2. The lowest BCUT2D eigenvalue weighted by molar-refractivity contribution is -0.885. The smallest absolute Gasteiger partial charge is 0.253 e. The summed E-state index contributed by atoms with van der Waals surface area (Å²) in [5.41, 5.74) is 2.79. The van der Waals surface area contributed by atoms with Crippen molar-refractivity contribution < 1.29 is 14.8 Å². The number of amides is 1. The van der Waals surface area contributed by atoms with Crippen molar-refractivity contribution >= 4 is 5.91 Å². The van der Waals surface area contributed by atoms with E-state index in [1.54, 1.807) is 17.0 Å². The Balaban J connectivity index is 1.70. The number of piperidine rings is 1. The molecule has 2 aromatic rings. The Bertz CT molecular complexity index is 687. The summed E-state index contributed by atoms with van der Waals surface area (Å²) < 4.78 is 0. The molecule has 3 rings (SSSR count). The van der Waals surface area contributed by atoms with Crippen molar-refractivity contribution in [2.75, 3.05) is 27.2 Å². The van der Waals surface area contributed by atoms with Gasteiger partial charge in [-0.25, -0.2) is 0 Å². The molecule has 0 spiro atoms. The maximum absolute atomic E-state index is 12.7. The second kappa shape index (κ2) is 7.05. The van der Waals surface area contributed by atoms with Gasteiger partial charge < -0.3 is 14.9 Å². The lowest BCUT2D eigenvalue weighted by atomic mass is 10.0. The first-order valence-corrected chi connectivity index (χ1v) is 8.52. The van der Waals surface area contributed by atoms with Crippen molar-refractivity contribution in [1.82, 2.24) is 4.90 Å². The highest BCUT2D eigenvalue weighted by atomic mass is 16.3. The fraction of sp³-hybridized carbons (Fsp3) is 0.350. The van der Waals surface area contributed by atoms with Crippen molar-refractivity contribution in [2.24, 2.45) is 0 Å². The molecule has 1 aliphatic rings. The second-order valence-electron chi connectivity index (χ2n) is 6.73. The Morgan fingerprint density at radius 1 is 1.00 bits per heavy atom. The minimum Gasteiger partial charge on any atom is -0.508 e. The molecule has 1 amide bonds. The molecule has 2 N–H and O–H groups in total. The van der Waals surface area contributed by atoms with E-state index in [2.05, 4.69) is 7.05 Å². The zero-order valence-electron chi connectivity index (χ0n) is 14.3. The van der Waals surface area contributed by atoms with Crippen LogP contribution in [0, 0.1) is 0 Å². The van der Waals surface area contributed by atoms with Crippen molar-refractivity contribution in [3.05, 3.63) is 54.1 Å². The van der Waals surface area contributed by atoms with Crippen molar-refractivity contribution in [1.29, 1.82) is 0 Å². The summed E-state index contributed by atoms with van der Waals surface area (Å²) in [6, 6.07) is 15.1. The fourth-order valence-electron chi connectivity index (χ4n) is 3.31. The van der Waals surface area contributed by atoms with Crippen LogP contribution < -0.4 is 4.90 Å². The molecule has 4 nitrogen and oxygen atoms in total. The van der Waals surface area contributed by atoms with E-state index in [-0.39, 0.29) is 11.7 Å². The SMILES string of the molecule is CN(C(=O)c1ccc(-c2ccc(O)cc2)cc1)C1CC[NH+](C)CC1. The second-order valence-corrected chi connectivity index (χ2v) is 6.73. The van der Waals surface area contributed by atoms with Gasteiger partial charge in [-0.15, -0.1) is 0 Å². The van der Waals surface area contributed by atoms with Gasteiger partial charge in [-0.1, -0.05) is 24.3 Å². The molecule has 1 fully saturated rings. The average molecular weight is 325 g/mol. The topological polar surface area (TPSA) is 45.0 Å². The van der Waals surface area contributed by atoms with Crippen LogP contribution in [0.3, 0.4) is 0 Å². The number of hydrogen-bond acceptors (Lipinski definition) is 2. The van der Waals surface area contributed by atoms with Crippen LogP contribution in [-0.2, 0) is 0 Å². The number of quaternary nitrogens is 1. The third-order valence-electron chi connectivity index (χ3n) is 5.01. The molecule has 1 heterocycles. The molecule has 0 aromatic heterocycles. The number of nitrogens with one attached hydrogen (secondary N) is 1. The van der Waals surface area contributed by atoms with Gasteiger partial charge in [0, 0.05) is 31.5 Å². The standard InChI is InChI=1S/C20H24N2O2/c1-21-13-11-18(12-14-21)22(2)20(24)17-5-3-15(4-6-17)16-7-9-19(23)10-8-16/h3-10,18,23H,11-14H2,1-2H3/p+1. The van der Waals surface area contributed by atoms with Gasteiger partial charge in [0.25, 0.3) is 5.91 Å². The summed E-state index contributed by atoms with van der Waals surface area (Å²) in [7, 11) is 4.13. The first-order chi connectivity index (χ1) is 11.5. The van der Waals surface area contributed by atoms with Gasteiger partial charge in [0.15, 0.2) is 0 Å². The predicted molar refractivity (Wildman–Crippen MR) is 95.3 cm³/mol. The first-order valence-electron chi connectivity index (χ1n) is 8.52. The molecule has 4 heteroatoms. The van der Waals surface area contributed by atoms with Gasteiger partial charge in [-0.3, -0.25) is 4.79 Å². The largest absolute Gasteiger partial charge is 0.508 e. The number of phenols is 1. The van der Waals surface area contributed by atoms with Crippen LogP contribution in [0.4, 0.5) is 0 Å². The average Bonchev–Trinajstić information content (AvgIpc) is 2.62. The number of phenolic OH excluding ortho intramolecular Hbond substituents is 1. The van der Waals surface area contributed by atoms with Gasteiger partial charge >= 0.3 is 0 Å². The van der Waals surface area contributed by atoms with E-state index in [0.717, 1.165) is 42.6 Å². The third kappa shape index (κ3) is 3.60. The highest BCUT2D eigenvalue weighted by Gasteiger charge is 2.26. The number of rotatable bonds is 3. The highest BCUT2D eigenvalue weighted by molar-refractivity contribution is 5.94. The summed E-state index contributed by atoms with van der Waals surface area (Å²) in [6.45, 7) is 2.25. The Hall–Kier alpha value is -2.33. The first kappa shape index (κ1) is 16.5. The number of benzene rings is 2. The quantitative estimate of drug-likeness (QED) is 0.904. The normalized spacial score (nSPS) is 20.6. The van der Waals surface area contributed by atoms with Crippen LogP contribution in [0.25, 0.3) is 11.1 Å². The number of carbonyl (C=O) groups is 1. The molecule has 0 aliphatic carbocycles. The van der Waals surface area contributed by atoms with Crippen LogP contribution in [0.15, 0.2) is 48.5 Å². The number of carbonyl (C=O) groups excluding carboxylic acids is 1. The molecule has 0 saturated carbocycles. The lowest BCUT2D eigenvalue weighted by Gasteiger charge is -2.33. The van der Waals surface area contributed by atoms with Gasteiger partial charge in [-0.05, 0) is 35.4 Å². The van der Waals surface area contributed by atoms with Crippen LogP contribution in [0.2, 0.25) is 0 Å². The molecule has 1 saturated heterocycles. The molecule has 0 radical (unpaired) electrons. The number of likely N-dealkylation sites (tertiary alicyclic amines) is 1. The maximum atomic E-state index is 12.7. The molecule has 0 atom stereocenters. The molecule has 1 aliphatic heterocycles. The van der Waals surface area contributed by atoms with Gasteiger partial charge in [0.1, 0.15) is 5.75 Å². The summed E-state index contributed by atoms with van der Waals surface area (Å²) in [5, 5.41) is 9.37. The Labute approximate surface area is 143 Å². The number of nitrogens with zero attached hydrogens (tertiary/aromatic N) is 1. The summed E-state index contributed by atoms with van der Waals surface area (Å²) in [4.78, 5) is 16.2. The van der Waals surface area contributed by atoms with E-state index in [9.17, 15) is 9.90 Å². The minimum atomic E-state index is 0.0943. The van der Waals surface area contributed by atoms with Crippen molar-refractivity contribution in [3.63, 3.8) is 0 Å². The van der Waals surface area contributed by atoms with Gasteiger partial charge in [0.05, 0.1) is 20.1 Å². The fourth-order valence-corrected chi connectivity index (χ4v) is 3.31. The predicted octanol–water partition coefficient (Wildman–Crippen LogP) is 1.81. The molecule has 2 aromatic carbocycles. The summed E-state index contributed by atoms with van der Waals surface area (Å²) >= 11 is 0. The van der Waals surface area contributed by atoms with Crippen molar-refractivity contribution in [3.8, 4) is 16.9 Å². The number of aromatic hydroxyl groups is 1. The molecule has 0 bridgehead atoms. The molecule has 0 unspecified atom stereocenters. The van der Waals surface area contributed by atoms with Crippen LogP contribution in [-0.4, -0.2) is 49.1 Å². The van der Waals surface area contributed by atoms with E-state index in [1.165, 1.54) is 0 Å². The third-order valence-corrected chi connectivity index (χ3v) is 5.01. The van der Waals surface area contributed by atoms with E-state index in [4.69, 9.17) is 0 Å². The molecule has 24 heavy (non-hydrogen) atoms. The van der Waals surface area contributed by atoms with Crippen LogP contribution in [0.1, 0.15) is 23.2 Å². The molecular weight excluding hydrogens is 300 g/mol. The highest BCUT2D eigenvalue weighted by Crippen LogP contribution is 2.23. The monoisotopic (exact) mass is 325 g/mol. The van der Waals surface area contributed by atoms with Crippen LogP contribution in [0.5, 0.6) is 5.75 Å². The molecule has 126 valence electrons. The minimum absolute atomic E-state index is 0.0943. The van der Waals surface area contributed by atoms with E-state index in [1.807, 2.05) is 48.3 Å². The van der Waals surface area contributed by atoms with Crippen LogP contribution >= 0.6 is 0 Å². The molecular formula is C20H25N2O2+. The Morgan fingerprint density at radius 2 is 1.50 bits per heavy atom. The zero-order chi connectivity index (χ0) is 17.1. The zero-order valence-corrected chi connectivity index (χ0v) is 14.3. The van der Waals surface area contributed by atoms with Crippen molar-refractivity contribution in [2.45, 2.75) is 18.9 Å². The summed E-state index contributed by atoms with van der Waals surface area (Å²) in [6.07, 6.45) is 2.14. The van der Waals surface area contributed by atoms with Gasteiger partial charge in [-0.2, -0.15) is 0 Å². The summed E-state index contributed by atoms with van der Waals surface area (Å²) in [5.74, 6) is 0.351. The lowest BCUT2D eigenvalue weighted by Crippen LogP contribution is -3.10. The maximum Gasteiger partial charge on any atom is 0.253 e.